The molecule has 0 saturated heterocycles. The fraction of sp³-hybridized carbons (Fsp3) is 0.857. The third kappa shape index (κ3) is 11.3. The van der Waals surface area contributed by atoms with Gasteiger partial charge in [-0.2, -0.15) is 0 Å². The first-order valence-corrected chi connectivity index (χ1v) is 7.10. The maximum absolute atomic E-state index is 13.4. The van der Waals surface area contributed by atoms with Gasteiger partial charge in [-0.15, -0.1) is 0 Å². The number of hydrogen-bond donors (Lipinski definition) is 1. The molecular formula is C14H26FNO5. The standard InChI is InChI=1S/C14H26FNO5/c1-11(2)14(18)9-20-5-4-19-6-7-21-12(3)13(15)8-16-10-17/h10-13H,4-9H2,1-3H3,(H,16,17). The summed E-state index contributed by atoms with van der Waals surface area (Å²) in [5.74, 6) is 0.0354. The first kappa shape index (κ1) is 19.9. The quantitative estimate of drug-likeness (QED) is 0.378. The van der Waals surface area contributed by atoms with E-state index in [4.69, 9.17) is 14.2 Å². The molecule has 0 aliphatic carbocycles. The molecule has 124 valence electrons. The maximum atomic E-state index is 13.4. The summed E-state index contributed by atoms with van der Waals surface area (Å²) in [4.78, 5) is 21.3. The van der Waals surface area contributed by atoms with Crippen LogP contribution >= 0.6 is 0 Å². The zero-order valence-electron chi connectivity index (χ0n) is 13.0. The van der Waals surface area contributed by atoms with Crippen molar-refractivity contribution in [2.45, 2.75) is 33.0 Å². The summed E-state index contributed by atoms with van der Waals surface area (Å²) in [6.45, 7) is 6.54. The summed E-state index contributed by atoms with van der Waals surface area (Å²) in [7, 11) is 0. The van der Waals surface area contributed by atoms with Crippen molar-refractivity contribution in [2.24, 2.45) is 5.92 Å². The summed E-state index contributed by atoms with van der Waals surface area (Å²) >= 11 is 0. The Morgan fingerprint density at radius 3 is 2.38 bits per heavy atom. The molecule has 0 saturated carbocycles. The first-order valence-electron chi connectivity index (χ1n) is 7.10. The molecule has 0 aromatic carbocycles. The minimum Gasteiger partial charge on any atom is -0.377 e. The lowest BCUT2D eigenvalue weighted by Crippen LogP contribution is -2.33. The van der Waals surface area contributed by atoms with E-state index in [0.717, 1.165) is 0 Å². The minimum atomic E-state index is -1.25. The number of rotatable bonds is 14. The molecule has 0 bridgehead atoms. The summed E-state index contributed by atoms with van der Waals surface area (Å²) in [5, 5.41) is 2.26. The molecule has 2 atom stereocenters. The van der Waals surface area contributed by atoms with Gasteiger partial charge in [-0.1, -0.05) is 13.8 Å². The molecule has 6 nitrogen and oxygen atoms in total. The van der Waals surface area contributed by atoms with Gasteiger partial charge < -0.3 is 19.5 Å². The molecule has 1 N–H and O–H groups in total. The maximum Gasteiger partial charge on any atom is 0.207 e. The van der Waals surface area contributed by atoms with Gasteiger partial charge in [0, 0.05) is 5.92 Å². The molecule has 7 heteroatoms. The third-order valence-corrected chi connectivity index (χ3v) is 2.77. The average Bonchev–Trinajstić information content (AvgIpc) is 2.46. The second-order valence-electron chi connectivity index (χ2n) is 4.90. The number of nitrogens with one attached hydrogen (secondary N) is 1. The smallest absolute Gasteiger partial charge is 0.207 e. The van der Waals surface area contributed by atoms with Crippen LogP contribution in [0.5, 0.6) is 0 Å². The van der Waals surface area contributed by atoms with Gasteiger partial charge in [-0.3, -0.25) is 9.59 Å². The fourth-order valence-electron chi connectivity index (χ4n) is 1.28. The monoisotopic (exact) mass is 307 g/mol. The van der Waals surface area contributed by atoms with Crippen molar-refractivity contribution < 1.29 is 28.2 Å². The Hall–Kier alpha value is -1.05. The predicted octanol–water partition coefficient (Wildman–Crippen LogP) is 0.734. The largest absolute Gasteiger partial charge is 0.377 e. The van der Waals surface area contributed by atoms with Gasteiger partial charge in [-0.05, 0) is 6.92 Å². The number of carbonyl (C=O) groups excluding carboxylic acids is 2. The number of ketones is 1. The summed E-state index contributed by atoms with van der Waals surface area (Å²) in [6.07, 6.45) is -1.41. The van der Waals surface area contributed by atoms with Gasteiger partial charge in [-0.25, -0.2) is 4.39 Å². The SMILES string of the molecule is CC(C)C(=O)COCCOCCOC(C)C(F)CNC=O. The highest BCUT2D eigenvalue weighted by Gasteiger charge is 2.15. The highest BCUT2D eigenvalue weighted by Crippen LogP contribution is 2.02. The minimum absolute atomic E-state index is 0.0249. The zero-order valence-corrected chi connectivity index (χ0v) is 13.0. The molecule has 0 radical (unpaired) electrons. The van der Waals surface area contributed by atoms with Gasteiger partial charge in [0.25, 0.3) is 0 Å². The van der Waals surface area contributed by atoms with Gasteiger partial charge in [0.2, 0.25) is 6.41 Å². The lowest BCUT2D eigenvalue weighted by atomic mass is 10.1. The topological polar surface area (TPSA) is 73.9 Å². The Kier molecular flexibility index (Phi) is 12.0. The summed E-state index contributed by atoms with van der Waals surface area (Å²) < 4.78 is 29.0. The average molecular weight is 307 g/mol. The van der Waals surface area contributed by atoms with Crippen molar-refractivity contribution >= 4 is 12.2 Å². The molecule has 0 heterocycles. The summed E-state index contributed by atoms with van der Waals surface area (Å²) in [5.41, 5.74) is 0. The molecule has 21 heavy (non-hydrogen) atoms. The van der Waals surface area contributed by atoms with Crippen LogP contribution in [0.2, 0.25) is 0 Å². The Labute approximate surface area is 125 Å². The van der Waals surface area contributed by atoms with Crippen LogP contribution in [0.25, 0.3) is 0 Å². The third-order valence-electron chi connectivity index (χ3n) is 2.77. The summed E-state index contributed by atoms with van der Waals surface area (Å²) in [6, 6.07) is 0. The van der Waals surface area contributed by atoms with Crippen molar-refractivity contribution in [3.63, 3.8) is 0 Å². The van der Waals surface area contributed by atoms with Gasteiger partial charge >= 0.3 is 0 Å². The molecule has 2 unspecified atom stereocenters. The molecule has 0 aliphatic rings. The predicted molar refractivity (Wildman–Crippen MR) is 75.9 cm³/mol. The van der Waals surface area contributed by atoms with E-state index in [9.17, 15) is 14.0 Å². The van der Waals surface area contributed by atoms with E-state index in [0.29, 0.717) is 26.2 Å². The number of halogens is 1. The molecule has 0 rings (SSSR count). The van der Waals surface area contributed by atoms with E-state index in [1.165, 1.54) is 0 Å². The van der Waals surface area contributed by atoms with Crippen molar-refractivity contribution in [3.05, 3.63) is 0 Å². The van der Waals surface area contributed by atoms with E-state index in [2.05, 4.69) is 5.32 Å². The number of carbonyl (C=O) groups is 2. The zero-order chi connectivity index (χ0) is 16.1. The van der Waals surface area contributed by atoms with Crippen LogP contribution in [0.4, 0.5) is 4.39 Å². The number of hydrogen-bond acceptors (Lipinski definition) is 5. The Balaban J connectivity index is 3.39. The Morgan fingerprint density at radius 2 is 1.76 bits per heavy atom. The van der Waals surface area contributed by atoms with Crippen LogP contribution < -0.4 is 5.32 Å². The van der Waals surface area contributed by atoms with Crippen molar-refractivity contribution in [1.82, 2.24) is 5.32 Å². The van der Waals surface area contributed by atoms with E-state index in [-0.39, 0.29) is 31.5 Å². The number of amides is 1. The number of alkyl halides is 1. The molecule has 0 spiro atoms. The van der Waals surface area contributed by atoms with Crippen LogP contribution in [0.15, 0.2) is 0 Å². The first-order chi connectivity index (χ1) is 9.99. The Morgan fingerprint density at radius 1 is 1.14 bits per heavy atom. The lowest BCUT2D eigenvalue weighted by molar-refractivity contribution is -0.127. The molecule has 0 fully saturated rings. The molecule has 1 amide bonds. The highest BCUT2D eigenvalue weighted by atomic mass is 19.1. The number of ether oxygens (including phenoxy) is 3. The van der Waals surface area contributed by atoms with E-state index < -0.39 is 12.3 Å². The van der Waals surface area contributed by atoms with E-state index >= 15 is 0 Å². The van der Waals surface area contributed by atoms with Crippen molar-refractivity contribution in [3.8, 4) is 0 Å². The Bertz CT molecular complexity index is 289. The van der Waals surface area contributed by atoms with Crippen LogP contribution in [0.3, 0.4) is 0 Å². The lowest BCUT2D eigenvalue weighted by Gasteiger charge is -2.17. The van der Waals surface area contributed by atoms with Crippen LogP contribution in [-0.4, -0.2) is 64.0 Å². The van der Waals surface area contributed by atoms with Gasteiger partial charge in [0.1, 0.15) is 12.8 Å². The molecule has 0 aromatic rings. The second-order valence-corrected chi connectivity index (χ2v) is 4.90. The molecular weight excluding hydrogens is 281 g/mol. The van der Waals surface area contributed by atoms with E-state index in [1.807, 2.05) is 13.8 Å². The normalized spacial score (nSPS) is 14.0. The van der Waals surface area contributed by atoms with Crippen LogP contribution in [-0.2, 0) is 23.8 Å². The fourth-order valence-corrected chi connectivity index (χ4v) is 1.28. The van der Waals surface area contributed by atoms with Crippen molar-refractivity contribution in [2.75, 3.05) is 39.6 Å². The highest BCUT2D eigenvalue weighted by molar-refractivity contribution is 5.81. The van der Waals surface area contributed by atoms with Crippen LogP contribution in [0.1, 0.15) is 20.8 Å². The van der Waals surface area contributed by atoms with Crippen molar-refractivity contribution in [1.29, 1.82) is 0 Å². The number of Topliss-reactive ketones (excluding diaryl/α,β-unsaturated/α-hetero) is 1. The molecule has 0 aliphatic heterocycles. The van der Waals surface area contributed by atoms with Crippen LogP contribution in [0, 0.1) is 5.92 Å². The van der Waals surface area contributed by atoms with Gasteiger partial charge in [0.05, 0.1) is 39.1 Å². The molecule has 0 aromatic heterocycles. The van der Waals surface area contributed by atoms with E-state index in [1.54, 1.807) is 6.92 Å². The van der Waals surface area contributed by atoms with Gasteiger partial charge in [0.15, 0.2) is 5.78 Å². The second kappa shape index (κ2) is 12.7.